The fraction of sp³-hybridized carbons (Fsp3) is 0.333. The SMILES string of the molecule is C#CCS(=O)(=O)CCCOc1ccccc1Cl. The number of rotatable bonds is 6. The smallest absolute Gasteiger partial charge is 0.161 e. The lowest BCUT2D eigenvalue weighted by Crippen LogP contribution is -2.12. The Kier molecular flexibility index (Phi) is 5.33. The molecule has 0 heterocycles. The Hall–Kier alpha value is -1.18. The minimum atomic E-state index is -3.15. The number of para-hydroxylation sites is 1. The van der Waals surface area contributed by atoms with Crippen molar-refractivity contribution < 1.29 is 13.2 Å². The molecule has 0 saturated carbocycles. The van der Waals surface area contributed by atoms with Crippen LogP contribution in [0.3, 0.4) is 0 Å². The number of hydrogen-bond donors (Lipinski definition) is 0. The Morgan fingerprint density at radius 3 is 2.71 bits per heavy atom. The molecule has 0 aliphatic rings. The summed E-state index contributed by atoms with van der Waals surface area (Å²) in [6.07, 6.45) is 5.35. The van der Waals surface area contributed by atoms with Gasteiger partial charge in [0.05, 0.1) is 17.4 Å². The highest BCUT2D eigenvalue weighted by Crippen LogP contribution is 2.23. The fourth-order valence-electron chi connectivity index (χ4n) is 1.22. The maximum absolute atomic E-state index is 11.3. The molecule has 0 radical (unpaired) electrons. The van der Waals surface area contributed by atoms with Crippen LogP contribution in [0.15, 0.2) is 24.3 Å². The zero-order valence-electron chi connectivity index (χ0n) is 9.23. The van der Waals surface area contributed by atoms with Gasteiger partial charge in [-0.1, -0.05) is 29.7 Å². The Morgan fingerprint density at radius 2 is 2.06 bits per heavy atom. The molecule has 17 heavy (non-hydrogen) atoms. The summed E-state index contributed by atoms with van der Waals surface area (Å²) in [6.45, 7) is 0.299. The van der Waals surface area contributed by atoms with Crippen LogP contribution in [-0.2, 0) is 9.84 Å². The van der Waals surface area contributed by atoms with E-state index >= 15 is 0 Å². The first kappa shape index (κ1) is 13.9. The predicted octanol–water partition coefficient (Wildman–Crippen LogP) is 2.16. The molecule has 3 nitrogen and oxygen atoms in total. The molecule has 1 aromatic rings. The van der Waals surface area contributed by atoms with E-state index in [1.807, 2.05) is 0 Å². The van der Waals surface area contributed by atoms with Crippen LogP contribution in [0.2, 0.25) is 5.02 Å². The van der Waals surface area contributed by atoms with Crippen molar-refractivity contribution in [1.29, 1.82) is 0 Å². The first-order chi connectivity index (χ1) is 8.05. The van der Waals surface area contributed by atoms with Crippen molar-refractivity contribution in [3.05, 3.63) is 29.3 Å². The van der Waals surface area contributed by atoms with Crippen LogP contribution in [0.1, 0.15) is 6.42 Å². The first-order valence-corrected chi connectivity index (χ1v) is 7.26. The van der Waals surface area contributed by atoms with Crippen LogP contribution < -0.4 is 4.74 Å². The summed E-state index contributed by atoms with van der Waals surface area (Å²) in [7, 11) is -3.15. The van der Waals surface area contributed by atoms with E-state index in [2.05, 4.69) is 5.92 Å². The third-order valence-electron chi connectivity index (χ3n) is 2.00. The summed E-state index contributed by atoms with van der Waals surface area (Å²) in [5.41, 5.74) is 0. The van der Waals surface area contributed by atoms with Crippen LogP contribution in [0.4, 0.5) is 0 Å². The maximum Gasteiger partial charge on any atom is 0.161 e. The molecule has 0 atom stereocenters. The van der Waals surface area contributed by atoms with E-state index in [1.54, 1.807) is 24.3 Å². The van der Waals surface area contributed by atoms with Gasteiger partial charge in [-0.3, -0.25) is 0 Å². The number of ether oxygens (including phenoxy) is 1. The van der Waals surface area contributed by atoms with Gasteiger partial charge in [0, 0.05) is 0 Å². The molecular formula is C12H13ClO3S. The lowest BCUT2D eigenvalue weighted by molar-refractivity contribution is 0.318. The van der Waals surface area contributed by atoms with Crippen LogP contribution in [0.25, 0.3) is 0 Å². The highest BCUT2D eigenvalue weighted by Gasteiger charge is 2.08. The summed E-state index contributed by atoms with van der Waals surface area (Å²) in [5, 5.41) is 0.513. The zero-order valence-corrected chi connectivity index (χ0v) is 10.8. The molecule has 0 N–H and O–H groups in total. The van der Waals surface area contributed by atoms with Gasteiger partial charge >= 0.3 is 0 Å². The molecule has 1 rings (SSSR count). The molecular weight excluding hydrogens is 260 g/mol. The van der Waals surface area contributed by atoms with Gasteiger partial charge in [0.2, 0.25) is 0 Å². The van der Waals surface area contributed by atoms with E-state index < -0.39 is 9.84 Å². The number of hydrogen-bond acceptors (Lipinski definition) is 3. The largest absolute Gasteiger partial charge is 0.492 e. The van der Waals surface area contributed by atoms with Crippen LogP contribution in [-0.4, -0.2) is 26.5 Å². The molecule has 0 saturated heterocycles. The van der Waals surface area contributed by atoms with Gasteiger partial charge in [-0.15, -0.1) is 6.42 Å². The van der Waals surface area contributed by atoms with Crippen molar-refractivity contribution in [1.82, 2.24) is 0 Å². The van der Waals surface area contributed by atoms with Gasteiger partial charge in [-0.25, -0.2) is 8.42 Å². The highest BCUT2D eigenvalue weighted by molar-refractivity contribution is 7.91. The molecule has 92 valence electrons. The summed E-state index contributed by atoms with van der Waals surface area (Å²) in [4.78, 5) is 0. The van der Waals surface area contributed by atoms with Gasteiger partial charge < -0.3 is 4.74 Å². The van der Waals surface area contributed by atoms with Crippen LogP contribution >= 0.6 is 11.6 Å². The molecule has 0 amide bonds. The van der Waals surface area contributed by atoms with Crippen molar-refractivity contribution in [2.45, 2.75) is 6.42 Å². The quantitative estimate of drug-likeness (QED) is 0.589. The molecule has 1 aromatic carbocycles. The lowest BCUT2D eigenvalue weighted by atomic mass is 10.3. The van der Waals surface area contributed by atoms with E-state index in [0.29, 0.717) is 23.8 Å². The normalized spacial score (nSPS) is 10.8. The molecule has 0 spiro atoms. The van der Waals surface area contributed by atoms with E-state index in [-0.39, 0.29) is 11.5 Å². The summed E-state index contributed by atoms with van der Waals surface area (Å²) >= 11 is 5.87. The Morgan fingerprint density at radius 1 is 1.35 bits per heavy atom. The van der Waals surface area contributed by atoms with E-state index in [4.69, 9.17) is 22.8 Å². The van der Waals surface area contributed by atoms with E-state index in [1.165, 1.54) is 0 Å². The van der Waals surface area contributed by atoms with Gasteiger partial charge in [0.15, 0.2) is 9.84 Å². The monoisotopic (exact) mass is 272 g/mol. The second-order valence-electron chi connectivity index (χ2n) is 3.43. The minimum absolute atomic E-state index is 0.0294. The van der Waals surface area contributed by atoms with Crippen LogP contribution in [0.5, 0.6) is 5.75 Å². The molecule has 0 aliphatic carbocycles. The second-order valence-corrected chi connectivity index (χ2v) is 6.02. The third-order valence-corrected chi connectivity index (χ3v) is 3.83. The average molecular weight is 273 g/mol. The third kappa shape index (κ3) is 5.12. The number of sulfone groups is 1. The number of benzene rings is 1. The zero-order chi connectivity index (χ0) is 12.7. The fourth-order valence-corrected chi connectivity index (χ4v) is 2.37. The van der Waals surface area contributed by atoms with Crippen molar-refractivity contribution in [3.63, 3.8) is 0 Å². The van der Waals surface area contributed by atoms with E-state index in [9.17, 15) is 8.42 Å². The standard InChI is InChI=1S/C12H13ClO3S/c1-2-9-17(14,15)10-5-8-16-12-7-4-3-6-11(12)13/h1,3-4,6-7H,5,8-10H2. The predicted molar refractivity (Wildman–Crippen MR) is 69.1 cm³/mol. The summed E-state index contributed by atoms with van der Waals surface area (Å²) in [5.74, 6) is 2.49. The molecule has 0 aromatic heterocycles. The summed E-state index contributed by atoms with van der Waals surface area (Å²) < 4.78 is 27.9. The number of halogens is 1. The van der Waals surface area contributed by atoms with Crippen molar-refractivity contribution in [2.75, 3.05) is 18.1 Å². The average Bonchev–Trinajstić information content (AvgIpc) is 2.26. The Labute approximate surface area is 107 Å². The van der Waals surface area contributed by atoms with Crippen LogP contribution in [0, 0.1) is 12.3 Å². The molecule has 0 aliphatic heterocycles. The van der Waals surface area contributed by atoms with Gasteiger partial charge in [-0.05, 0) is 18.6 Å². The van der Waals surface area contributed by atoms with Gasteiger partial charge in [0.25, 0.3) is 0 Å². The second kappa shape index (κ2) is 6.53. The Balaban J connectivity index is 2.35. The molecule has 0 unspecified atom stereocenters. The van der Waals surface area contributed by atoms with Gasteiger partial charge in [-0.2, -0.15) is 0 Å². The summed E-state index contributed by atoms with van der Waals surface area (Å²) in [6, 6.07) is 7.05. The number of terminal acetylenes is 1. The molecule has 5 heteroatoms. The molecule has 0 fully saturated rings. The highest BCUT2D eigenvalue weighted by atomic mass is 35.5. The maximum atomic E-state index is 11.3. The van der Waals surface area contributed by atoms with Crippen molar-refractivity contribution >= 4 is 21.4 Å². The molecule has 0 bridgehead atoms. The van der Waals surface area contributed by atoms with Gasteiger partial charge in [0.1, 0.15) is 11.5 Å². The minimum Gasteiger partial charge on any atom is -0.492 e. The lowest BCUT2D eigenvalue weighted by Gasteiger charge is -2.07. The first-order valence-electron chi connectivity index (χ1n) is 5.06. The topological polar surface area (TPSA) is 43.4 Å². The Bertz CT molecular complexity index is 503. The van der Waals surface area contributed by atoms with Crippen molar-refractivity contribution in [3.8, 4) is 18.1 Å². The van der Waals surface area contributed by atoms with Crippen molar-refractivity contribution in [2.24, 2.45) is 0 Å². The van der Waals surface area contributed by atoms with E-state index in [0.717, 1.165) is 0 Å².